The SMILES string of the molecule is CC(C)(C)OC(=O)N1[C@@H]2CC[C@H]1CN(c1nc(OCC(F)(F)F)nc3c(F)c(-c4cc(N)cc(F)c4C(F)(F)F)ncc13)C2. The maximum Gasteiger partial charge on any atom is 0.422 e. The largest absolute Gasteiger partial charge is 0.454 e. The first-order chi connectivity index (χ1) is 20.3. The third-order valence-corrected chi connectivity index (χ3v) is 7.05. The fraction of sp³-hybridized carbons (Fsp3) is 0.481. The standard InChI is InChI=1S/C27H26F8N6O3/c1-25(2,3)44-24(42)41-13-4-5-14(41)10-40(9-13)22-16-8-37-20(15-6-12(36)7-17(28)18(15)27(33,34)35)19(29)21(16)38-23(39-22)43-11-26(30,31)32/h6-8,13-14H,4-5,9-11,36H2,1-3H3/t13-,14+. The highest BCUT2D eigenvalue weighted by atomic mass is 19.4. The molecule has 2 atom stereocenters. The number of nitrogens with zero attached hydrogens (tertiary/aromatic N) is 5. The van der Waals surface area contributed by atoms with Crippen LogP contribution in [0.15, 0.2) is 18.3 Å². The zero-order chi connectivity index (χ0) is 32.4. The molecule has 9 nitrogen and oxygen atoms in total. The minimum atomic E-state index is -5.28. The van der Waals surface area contributed by atoms with Crippen molar-refractivity contribution < 1.29 is 49.4 Å². The van der Waals surface area contributed by atoms with E-state index in [1.807, 2.05) is 0 Å². The summed E-state index contributed by atoms with van der Waals surface area (Å²) in [5, 5.41) is -0.159. The van der Waals surface area contributed by atoms with E-state index in [4.69, 9.17) is 15.2 Å². The third-order valence-electron chi connectivity index (χ3n) is 7.05. The molecule has 0 spiro atoms. The Kier molecular flexibility index (Phi) is 7.65. The van der Waals surface area contributed by atoms with Gasteiger partial charge in [0.25, 0.3) is 0 Å². The van der Waals surface area contributed by atoms with Crippen LogP contribution < -0.4 is 15.4 Å². The average Bonchev–Trinajstić information content (AvgIpc) is 3.14. The van der Waals surface area contributed by atoms with E-state index in [1.54, 1.807) is 30.6 Å². The van der Waals surface area contributed by atoms with Crippen molar-refractivity contribution in [3.63, 3.8) is 0 Å². The Morgan fingerprint density at radius 2 is 1.66 bits per heavy atom. The molecule has 1 aromatic carbocycles. The lowest BCUT2D eigenvalue weighted by atomic mass is 10.0. The number of piperazine rings is 1. The van der Waals surface area contributed by atoms with Gasteiger partial charge in [0.1, 0.15) is 34.0 Å². The van der Waals surface area contributed by atoms with E-state index in [2.05, 4.69) is 15.0 Å². The van der Waals surface area contributed by atoms with E-state index in [9.17, 15) is 35.5 Å². The van der Waals surface area contributed by atoms with Gasteiger partial charge < -0.3 is 20.1 Å². The van der Waals surface area contributed by atoms with Crippen molar-refractivity contribution in [3.8, 4) is 17.3 Å². The van der Waals surface area contributed by atoms with Crippen molar-refractivity contribution in [1.29, 1.82) is 0 Å². The molecule has 17 heteroatoms. The van der Waals surface area contributed by atoms with Crippen molar-refractivity contribution in [1.82, 2.24) is 19.9 Å². The van der Waals surface area contributed by atoms with E-state index in [-0.39, 0.29) is 24.3 Å². The molecule has 0 aliphatic carbocycles. The normalized spacial score (nSPS) is 19.1. The monoisotopic (exact) mass is 634 g/mol. The van der Waals surface area contributed by atoms with Crippen molar-refractivity contribution >= 4 is 28.5 Å². The van der Waals surface area contributed by atoms with Gasteiger partial charge >= 0.3 is 24.5 Å². The fourth-order valence-electron chi connectivity index (χ4n) is 5.45. The number of carbonyl (C=O) groups excluding carboxylic acids is 1. The van der Waals surface area contributed by atoms with Gasteiger partial charge in [0, 0.05) is 30.5 Å². The Hall–Kier alpha value is -4.18. The van der Waals surface area contributed by atoms with Crippen LogP contribution in [0.4, 0.5) is 51.4 Å². The molecule has 0 saturated carbocycles. The highest BCUT2D eigenvalue weighted by molar-refractivity contribution is 5.92. The summed E-state index contributed by atoms with van der Waals surface area (Å²) in [5.41, 5.74) is -0.247. The predicted molar refractivity (Wildman–Crippen MR) is 141 cm³/mol. The van der Waals surface area contributed by atoms with Gasteiger partial charge in [-0.25, -0.2) is 13.6 Å². The van der Waals surface area contributed by atoms with Crippen LogP contribution in [0, 0.1) is 11.6 Å². The van der Waals surface area contributed by atoms with Crippen molar-refractivity contribution in [2.75, 3.05) is 30.3 Å². The predicted octanol–water partition coefficient (Wildman–Crippen LogP) is 6.10. The molecule has 2 aromatic heterocycles. The molecule has 238 valence electrons. The van der Waals surface area contributed by atoms with E-state index in [1.165, 1.54) is 0 Å². The number of benzene rings is 1. The van der Waals surface area contributed by atoms with E-state index in [0.29, 0.717) is 25.0 Å². The van der Waals surface area contributed by atoms with Crippen molar-refractivity contribution in [2.45, 2.75) is 63.7 Å². The number of amides is 1. The summed E-state index contributed by atoms with van der Waals surface area (Å²) >= 11 is 0. The molecule has 2 aliphatic rings. The molecular weight excluding hydrogens is 608 g/mol. The first kappa shape index (κ1) is 31.3. The summed E-state index contributed by atoms with van der Waals surface area (Å²) in [6.45, 7) is 3.53. The molecule has 5 rings (SSSR count). The Bertz CT molecular complexity index is 1590. The molecule has 2 fully saturated rings. The lowest BCUT2D eigenvalue weighted by Gasteiger charge is -2.42. The van der Waals surface area contributed by atoms with Crippen LogP contribution >= 0.6 is 0 Å². The van der Waals surface area contributed by atoms with Crippen LogP contribution in [0.5, 0.6) is 6.01 Å². The Morgan fingerprint density at radius 1 is 1.02 bits per heavy atom. The topological polar surface area (TPSA) is 107 Å². The third kappa shape index (κ3) is 6.22. The summed E-state index contributed by atoms with van der Waals surface area (Å²) in [5.74, 6) is -3.38. The van der Waals surface area contributed by atoms with Crippen LogP contribution in [0.2, 0.25) is 0 Å². The molecule has 44 heavy (non-hydrogen) atoms. The molecule has 2 N–H and O–H groups in total. The second-order valence-corrected chi connectivity index (χ2v) is 11.5. The molecule has 2 saturated heterocycles. The Morgan fingerprint density at radius 3 is 2.23 bits per heavy atom. The summed E-state index contributed by atoms with van der Waals surface area (Å²) in [7, 11) is 0. The van der Waals surface area contributed by atoms with Crippen LogP contribution in [-0.4, -0.2) is 69.5 Å². The van der Waals surface area contributed by atoms with Crippen LogP contribution in [0.25, 0.3) is 22.2 Å². The number of pyridine rings is 1. The number of anilines is 2. The van der Waals surface area contributed by atoms with Gasteiger partial charge in [0.2, 0.25) is 0 Å². The molecule has 4 heterocycles. The number of alkyl halides is 6. The smallest absolute Gasteiger partial charge is 0.422 e. The number of hydrogen-bond acceptors (Lipinski definition) is 8. The number of carbonyl (C=O) groups is 1. The van der Waals surface area contributed by atoms with Gasteiger partial charge in [-0.05, 0) is 45.7 Å². The summed E-state index contributed by atoms with van der Waals surface area (Å²) in [6, 6.07) is -0.595. The number of halogens is 8. The number of nitrogens with two attached hydrogens (primary N) is 1. The van der Waals surface area contributed by atoms with Crippen molar-refractivity contribution in [3.05, 3.63) is 35.5 Å². The molecular formula is C27H26F8N6O3. The number of rotatable bonds is 4. The fourth-order valence-corrected chi connectivity index (χ4v) is 5.45. The quantitative estimate of drug-likeness (QED) is 0.271. The van der Waals surface area contributed by atoms with E-state index < -0.39 is 88.4 Å². The molecule has 0 radical (unpaired) electrons. The second kappa shape index (κ2) is 10.8. The van der Waals surface area contributed by atoms with Crippen LogP contribution in [0.3, 0.4) is 0 Å². The van der Waals surface area contributed by atoms with Crippen molar-refractivity contribution in [2.24, 2.45) is 0 Å². The zero-order valence-corrected chi connectivity index (χ0v) is 23.5. The van der Waals surface area contributed by atoms with Gasteiger partial charge in [-0.15, -0.1) is 0 Å². The average molecular weight is 635 g/mol. The Labute approximate surface area is 244 Å². The zero-order valence-electron chi connectivity index (χ0n) is 23.5. The van der Waals surface area contributed by atoms with Gasteiger partial charge in [0.05, 0.1) is 17.5 Å². The number of fused-ring (bicyclic) bond motifs is 3. The minimum Gasteiger partial charge on any atom is -0.454 e. The number of aromatic nitrogens is 3. The molecule has 2 aliphatic heterocycles. The van der Waals surface area contributed by atoms with E-state index in [0.717, 1.165) is 6.20 Å². The lowest BCUT2D eigenvalue weighted by Crippen LogP contribution is -2.57. The number of hydrogen-bond donors (Lipinski definition) is 1. The molecule has 2 bridgehead atoms. The maximum atomic E-state index is 16.0. The van der Waals surface area contributed by atoms with E-state index >= 15 is 4.39 Å². The number of ether oxygens (including phenoxy) is 2. The summed E-state index contributed by atoms with van der Waals surface area (Å²) in [6.07, 6.45) is -8.56. The summed E-state index contributed by atoms with van der Waals surface area (Å²) in [4.78, 5) is 27.7. The summed E-state index contributed by atoms with van der Waals surface area (Å²) < 4.78 is 121. The maximum absolute atomic E-state index is 16.0. The van der Waals surface area contributed by atoms with Gasteiger partial charge in [-0.2, -0.15) is 36.3 Å². The minimum absolute atomic E-state index is 0.110. The molecule has 3 aromatic rings. The van der Waals surface area contributed by atoms with Crippen LogP contribution in [-0.2, 0) is 10.9 Å². The molecule has 1 amide bonds. The van der Waals surface area contributed by atoms with Gasteiger partial charge in [-0.3, -0.25) is 9.88 Å². The second-order valence-electron chi connectivity index (χ2n) is 11.5. The first-order valence-corrected chi connectivity index (χ1v) is 13.3. The first-order valence-electron chi connectivity index (χ1n) is 13.3. The van der Waals surface area contributed by atoms with Gasteiger partial charge in [0.15, 0.2) is 12.4 Å². The highest BCUT2D eigenvalue weighted by Gasteiger charge is 2.45. The van der Waals surface area contributed by atoms with Crippen LogP contribution in [0.1, 0.15) is 39.2 Å². The lowest BCUT2D eigenvalue weighted by molar-refractivity contribution is -0.154. The highest BCUT2D eigenvalue weighted by Crippen LogP contribution is 2.42. The number of nitrogen functional groups attached to an aromatic ring is 1. The van der Waals surface area contributed by atoms with Gasteiger partial charge in [-0.1, -0.05) is 0 Å². The Balaban J connectivity index is 1.61. The molecule has 0 unspecified atom stereocenters.